The zero-order valence-electron chi connectivity index (χ0n) is 15.7. The summed E-state index contributed by atoms with van der Waals surface area (Å²) in [5.74, 6) is 0. The topological polar surface area (TPSA) is 35.5 Å². The number of hydrogen-bond donors (Lipinski definition) is 0. The van der Waals surface area contributed by atoms with E-state index in [2.05, 4.69) is 19.6 Å². The summed E-state index contributed by atoms with van der Waals surface area (Å²) in [5.41, 5.74) is 4.70. The van der Waals surface area contributed by atoms with Crippen molar-refractivity contribution in [2.75, 3.05) is 6.61 Å². The zero-order chi connectivity index (χ0) is 17.3. The van der Waals surface area contributed by atoms with E-state index in [0.29, 0.717) is 0 Å². The van der Waals surface area contributed by atoms with Gasteiger partial charge in [-0.25, -0.2) is 4.79 Å². The van der Waals surface area contributed by atoms with E-state index in [0.717, 1.165) is 12.8 Å². The van der Waals surface area contributed by atoms with E-state index in [1.807, 2.05) is 19.9 Å². The van der Waals surface area contributed by atoms with Gasteiger partial charge < -0.3 is 9.47 Å². The molecule has 0 aliphatic heterocycles. The molecule has 0 aliphatic carbocycles. The molecular weight excluding hydrogens is 288 g/mol. The maximum Gasteiger partial charge on any atom is 0.508 e. The third kappa shape index (κ3) is 15.5. The normalized spacial score (nSPS) is 10.3. The maximum absolute atomic E-state index is 11.3. The average Bonchev–Trinajstić information content (AvgIpc) is 2.50. The van der Waals surface area contributed by atoms with E-state index >= 15 is 0 Å². The van der Waals surface area contributed by atoms with Gasteiger partial charge in [0, 0.05) is 0 Å². The summed E-state index contributed by atoms with van der Waals surface area (Å²) in [6, 6.07) is 0. The largest absolute Gasteiger partial charge is 0.508 e. The van der Waals surface area contributed by atoms with Crippen molar-refractivity contribution < 1.29 is 14.3 Å². The zero-order valence-corrected chi connectivity index (χ0v) is 15.7. The van der Waals surface area contributed by atoms with Crippen molar-refractivity contribution in [3.05, 3.63) is 17.4 Å². The Morgan fingerprint density at radius 2 is 1.52 bits per heavy atom. The minimum Gasteiger partial charge on any atom is -0.432 e. The summed E-state index contributed by atoms with van der Waals surface area (Å²) in [5, 5.41) is 0. The van der Waals surface area contributed by atoms with Gasteiger partial charge in [-0.3, -0.25) is 0 Å². The summed E-state index contributed by atoms with van der Waals surface area (Å²) in [4.78, 5) is 11.3. The summed E-state index contributed by atoms with van der Waals surface area (Å²) in [6.45, 7) is 8.31. The second-order valence-corrected chi connectivity index (χ2v) is 6.30. The molecule has 0 saturated carbocycles. The molecule has 0 N–H and O–H groups in total. The van der Waals surface area contributed by atoms with Crippen LogP contribution in [0.3, 0.4) is 0 Å². The summed E-state index contributed by atoms with van der Waals surface area (Å²) < 4.78 is 9.92. The van der Waals surface area contributed by atoms with E-state index in [1.54, 1.807) is 0 Å². The van der Waals surface area contributed by atoms with Gasteiger partial charge in [-0.05, 0) is 51.2 Å². The first-order valence-corrected chi connectivity index (χ1v) is 9.36. The summed E-state index contributed by atoms with van der Waals surface area (Å²) >= 11 is 0. The van der Waals surface area contributed by atoms with Gasteiger partial charge in [-0.1, -0.05) is 52.4 Å². The first kappa shape index (κ1) is 21.8. The molecule has 0 aromatic heterocycles. The molecule has 0 aromatic carbocycles. The molecule has 134 valence electrons. The van der Waals surface area contributed by atoms with E-state index in [-0.39, 0.29) is 12.7 Å². The predicted molar refractivity (Wildman–Crippen MR) is 96.7 cm³/mol. The Morgan fingerprint density at radius 3 is 2.00 bits per heavy atom. The Bertz CT molecular complexity index is 338. The monoisotopic (exact) mass is 324 g/mol. The van der Waals surface area contributed by atoms with Gasteiger partial charge in [0.05, 0.1) is 6.10 Å². The molecule has 0 atom stereocenters. The Labute approximate surface area is 143 Å². The third-order valence-corrected chi connectivity index (χ3v) is 3.59. The predicted octanol–water partition coefficient (Wildman–Crippen LogP) is 6.57. The molecule has 3 heteroatoms. The molecule has 0 aromatic rings. The molecule has 0 rings (SSSR count). The van der Waals surface area contributed by atoms with E-state index < -0.39 is 6.16 Å². The molecular formula is C20H36O3. The minimum absolute atomic E-state index is 0.144. The van der Waals surface area contributed by atoms with Gasteiger partial charge in [-0.15, -0.1) is 5.73 Å². The van der Waals surface area contributed by atoms with Crippen molar-refractivity contribution in [2.24, 2.45) is 0 Å². The molecule has 0 heterocycles. The fraction of sp³-hybridized carbons (Fsp3) is 0.800. The SMILES string of the molecule is CCCCCCC(=C=CCOC(=O)OC(C)C)CCCCCC. The standard InChI is InChI=1S/C20H36O3/c1-5-7-9-11-14-19(15-12-10-8-6-2)16-13-17-22-20(21)23-18(3)4/h13,18H,5-12,14-15,17H2,1-4H3. The Morgan fingerprint density at radius 1 is 0.957 bits per heavy atom. The van der Waals surface area contributed by atoms with Crippen LogP contribution in [0.4, 0.5) is 4.79 Å². The molecule has 0 fully saturated rings. The van der Waals surface area contributed by atoms with Crippen molar-refractivity contribution >= 4 is 6.16 Å². The highest BCUT2D eigenvalue weighted by atomic mass is 16.7. The molecule has 0 radical (unpaired) electrons. The van der Waals surface area contributed by atoms with Crippen molar-refractivity contribution in [3.63, 3.8) is 0 Å². The van der Waals surface area contributed by atoms with Crippen molar-refractivity contribution in [2.45, 2.75) is 98.0 Å². The maximum atomic E-state index is 11.3. The smallest absolute Gasteiger partial charge is 0.432 e. The van der Waals surface area contributed by atoms with Crippen LogP contribution in [0.2, 0.25) is 0 Å². The van der Waals surface area contributed by atoms with Crippen molar-refractivity contribution in [3.8, 4) is 0 Å². The number of hydrogen-bond acceptors (Lipinski definition) is 3. The highest BCUT2D eigenvalue weighted by molar-refractivity contribution is 5.60. The van der Waals surface area contributed by atoms with Crippen LogP contribution in [0.5, 0.6) is 0 Å². The van der Waals surface area contributed by atoms with Crippen LogP contribution >= 0.6 is 0 Å². The quantitative estimate of drug-likeness (QED) is 0.218. The Hall–Kier alpha value is -1.21. The first-order valence-electron chi connectivity index (χ1n) is 9.36. The average molecular weight is 325 g/mol. The van der Waals surface area contributed by atoms with Crippen LogP contribution in [-0.2, 0) is 9.47 Å². The second-order valence-electron chi connectivity index (χ2n) is 6.30. The Kier molecular flexibility index (Phi) is 14.9. The fourth-order valence-corrected chi connectivity index (χ4v) is 2.32. The second kappa shape index (κ2) is 15.7. The lowest BCUT2D eigenvalue weighted by atomic mass is 10.0. The van der Waals surface area contributed by atoms with Crippen molar-refractivity contribution in [1.29, 1.82) is 0 Å². The van der Waals surface area contributed by atoms with Crippen LogP contribution in [-0.4, -0.2) is 18.9 Å². The number of carbonyl (C=O) groups excluding carboxylic acids is 1. The summed E-state index contributed by atoms with van der Waals surface area (Å²) in [7, 11) is 0. The molecule has 0 aliphatic rings. The lowest BCUT2D eigenvalue weighted by Crippen LogP contribution is -2.12. The molecule has 0 saturated heterocycles. The number of carbonyl (C=O) groups is 1. The van der Waals surface area contributed by atoms with Gasteiger partial charge in [0.25, 0.3) is 0 Å². The molecule has 0 spiro atoms. The van der Waals surface area contributed by atoms with Crippen molar-refractivity contribution in [1.82, 2.24) is 0 Å². The number of rotatable bonds is 13. The van der Waals surface area contributed by atoms with Gasteiger partial charge in [0.2, 0.25) is 0 Å². The van der Waals surface area contributed by atoms with E-state index in [4.69, 9.17) is 9.47 Å². The van der Waals surface area contributed by atoms with Crippen LogP contribution in [0.15, 0.2) is 17.4 Å². The number of unbranched alkanes of at least 4 members (excludes halogenated alkanes) is 6. The van der Waals surface area contributed by atoms with Crippen LogP contribution in [0.25, 0.3) is 0 Å². The molecule has 0 amide bonds. The first-order chi connectivity index (χ1) is 11.1. The van der Waals surface area contributed by atoms with Gasteiger partial charge in [-0.2, -0.15) is 0 Å². The van der Waals surface area contributed by atoms with E-state index in [9.17, 15) is 4.79 Å². The summed E-state index contributed by atoms with van der Waals surface area (Å²) in [6.07, 6.45) is 13.4. The van der Waals surface area contributed by atoms with Crippen LogP contribution in [0, 0.1) is 0 Å². The van der Waals surface area contributed by atoms with Gasteiger partial charge in [0.15, 0.2) is 0 Å². The third-order valence-electron chi connectivity index (χ3n) is 3.59. The van der Waals surface area contributed by atoms with Gasteiger partial charge >= 0.3 is 6.16 Å². The molecule has 0 unspecified atom stereocenters. The minimum atomic E-state index is -0.606. The molecule has 23 heavy (non-hydrogen) atoms. The Balaban J connectivity index is 4.25. The molecule has 0 bridgehead atoms. The lowest BCUT2D eigenvalue weighted by Gasteiger charge is -2.07. The highest BCUT2D eigenvalue weighted by Crippen LogP contribution is 2.16. The lowest BCUT2D eigenvalue weighted by molar-refractivity contribution is 0.0414. The van der Waals surface area contributed by atoms with Crippen LogP contribution in [0.1, 0.15) is 91.9 Å². The fourth-order valence-electron chi connectivity index (χ4n) is 2.32. The van der Waals surface area contributed by atoms with E-state index in [1.165, 1.54) is 56.9 Å². The van der Waals surface area contributed by atoms with Crippen LogP contribution < -0.4 is 0 Å². The number of ether oxygens (including phenoxy) is 2. The van der Waals surface area contributed by atoms with Gasteiger partial charge in [0.1, 0.15) is 6.61 Å². The highest BCUT2D eigenvalue weighted by Gasteiger charge is 2.04. The molecule has 3 nitrogen and oxygen atoms in total.